The van der Waals surface area contributed by atoms with E-state index in [1.807, 2.05) is 0 Å². The van der Waals surface area contributed by atoms with Gasteiger partial charge in [-0.2, -0.15) is 36.7 Å². The first kappa shape index (κ1) is 24.2. The Morgan fingerprint density at radius 3 is 2.20 bits per heavy atom. The number of halogens is 8. The lowest BCUT2D eigenvalue weighted by Crippen LogP contribution is -2.10. The van der Waals surface area contributed by atoms with E-state index in [9.17, 15) is 31.6 Å². The number of hydrogen-bond acceptors (Lipinski definition) is 4. The highest BCUT2D eigenvalue weighted by atomic mass is 35.5. The van der Waals surface area contributed by atoms with Crippen molar-refractivity contribution in [1.29, 1.82) is 5.26 Å². The van der Waals surface area contributed by atoms with E-state index in [-0.39, 0.29) is 17.5 Å². The van der Waals surface area contributed by atoms with Crippen molar-refractivity contribution in [2.45, 2.75) is 36.5 Å². The monoisotopic (exact) mass is 489 g/mol. The molecule has 1 aromatic heterocycles. The zero-order valence-electron chi connectivity index (χ0n) is 15.0. The minimum absolute atomic E-state index is 0.221. The Morgan fingerprint density at radius 1 is 1.20 bits per heavy atom. The molecule has 0 amide bonds. The average Bonchev–Trinajstić information content (AvgIpc) is 2.89. The van der Waals surface area contributed by atoms with Crippen molar-refractivity contribution in [3.8, 4) is 11.8 Å². The number of aromatic nitrogens is 2. The molecule has 0 saturated heterocycles. The number of nitrogens with zero attached hydrogens (tertiary/aromatic N) is 4. The fourth-order valence-electron chi connectivity index (χ4n) is 2.16. The molecule has 30 heavy (non-hydrogen) atoms. The van der Waals surface area contributed by atoms with Crippen LogP contribution in [0.3, 0.4) is 0 Å². The highest BCUT2D eigenvalue weighted by Gasteiger charge is 2.36. The Balaban J connectivity index is 2.75. The summed E-state index contributed by atoms with van der Waals surface area (Å²) < 4.78 is 78.7. The third kappa shape index (κ3) is 5.74. The Morgan fingerprint density at radius 2 is 1.77 bits per heavy atom. The molecule has 0 aliphatic rings. The first-order valence-corrected chi connectivity index (χ1v) is 9.45. The van der Waals surface area contributed by atoms with E-state index in [1.165, 1.54) is 6.07 Å². The first-order chi connectivity index (χ1) is 13.7. The lowest BCUT2D eigenvalue weighted by Gasteiger charge is -2.15. The Bertz CT molecular complexity index is 984. The molecule has 0 aliphatic carbocycles. The van der Waals surface area contributed by atoms with Crippen LogP contribution >= 0.6 is 35.0 Å². The van der Waals surface area contributed by atoms with Gasteiger partial charge >= 0.3 is 11.7 Å². The van der Waals surface area contributed by atoms with Crippen molar-refractivity contribution >= 4 is 47.1 Å². The van der Waals surface area contributed by atoms with E-state index in [0.29, 0.717) is 12.1 Å². The zero-order chi connectivity index (χ0) is 22.9. The lowest BCUT2D eigenvalue weighted by atomic mass is 10.2. The third-order valence-corrected chi connectivity index (χ3v) is 4.69. The van der Waals surface area contributed by atoms with Crippen LogP contribution < -0.4 is 5.32 Å². The predicted molar refractivity (Wildman–Crippen MR) is 102 cm³/mol. The van der Waals surface area contributed by atoms with Gasteiger partial charge in [0, 0.05) is 6.04 Å². The van der Waals surface area contributed by atoms with Gasteiger partial charge in [-0.15, -0.1) is 0 Å². The molecule has 1 aromatic carbocycles. The van der Waals surface area contributed by atoms with Crippen molar-refractivity contribution in [2.75, 3.05) is 5.32 Å². The van der Waals surface area contributed by atoms with Gasteiger partial charge in [-0.1, -0.05) is 23.2 Å². The fourth-order valence-corrected chi connectivity index (χ4v) is 3.46. The maximum atomic E-state index is 13.0. The van der Waals surface area contributed by atoms with E-state index in [2.05, 4.69) is 15.4 Å². The predicted octanol–water partition coefficient (Wildman–Crippen LogP) is 6.53. The molecule has 2 rings (SSSR count). The largest absolute Gasteiger partial charge is 0.446 e. The van der Waals surface area contributed by atoms with Gasteiger partial charge in [-0.05, 0) is 37.7 Å². The zero-order valence-corrected chi connectivity index (χ0v) is 17.4. The smallest absolute Gasteiger partial charge is 0.330 e. The summed E-state index contributed by atoms with van der Waals surface area (Å²) in [5, 5.41) is 14.4. The summed E-state index contributed by atoms with van der Waals surface area (Å²) in [7, 11) is 0. The van der Waals surface area contributed by atoms with Crippen LogP contribution in [0.2, 0.25) is 10.0 Å². The van der Waals surface area contributed by atoms with Crippen LogP contribution in [0.5, 0.6) is 0 Å². The summed E-state index contributed by atoms with van der Waals surface area (Å²) in [6.45, 7) is 3.40. The molecule has 0 spiro atoms. The number of thioether (sulfide) groups is 1. The summed E-state index contributed by atoms with van der Waals surface area (Å²) >= 11 is 11.3. The summed E-state index contributed by atoms with van der Waals surface area (Å²) in [4.78, 5) is 3.33. The van der Waals surface area contributed by atoms with Crippen LogP contribution in [-0.2, 0) is 6.18 Å². The van der Waals surface area contributed by atoms with Crippen LogP contribution in [0, 0.1) is 11.3 Å². The number of rotatable bonds is 5. The lowest BCUT2D eigenvalue weighted by molar-refractivity contribution is -0.137. The molecule has 162 valence electrons. The van der Waals surface area contributed by atoms with E-state index >= 15 is 0 Å². The second-order valence-electron chi connectivity index (χ2n) is 5.90. The number of alkyl halides is 6. The molecule has 0 radical (unpaired) electrons. The second kappa shape index (κ2) is 8.95. The molecule has 0 fully saturated rings. The van der Waals surface area contributed by atoms with Crippen LogP contribution in [0.1, 0.15) is 25.1 Å². The van der Waals surface area contributed by atoms with Crippen LogP contribution in [0.15, 0.2) is 22.0 Å². The van der Waals surface area contributed by atoms with Crippen molar-refractivity contribution in [1.82, 2.24) is 9.78 Å². The molecule has 5 nitrogen and oxygen atoms in total. The molecule has 14 heteroatoms. The molecule has 0 atom stereocenters. The molecule has 0 unspecified atom stereocenters. The average molecular weight is 490 g/mol. The number of anilines is 1. The van der Waals surface area contributed by atoms with Crippen LogP contribution in [-0.4, -0.2) is 27.7 Å². The second-order valence-corrected chi connectivity index (χ2v) is 7.79. The van der Waals surface area contributed by atoms with Gasteiger partial charge in [0.05, 0.1) is 26.8 Å². The number of benzene rings is 1. The van der Waals surface area contributed by atoms with Crippen molar-refractivity contribution < 1.29 is 26.3 Å². The summed E-state index contributed by atoms with van der Waals surface area (Å²) in [6, 6.07) is 2.41. The van der Waals surface area contributed by atoms with E-state index in [0.717, 1.165) is 11.0 Å². The summed E-state index contributed by atoms with van der Waals surface area (Å²) in [5.74, 6) is -0.387. The minimum Gasteiger partial charge on any atom is -0.330 e. The van der Waals surface area contributed by atoms with Gasteiger partial charge in [0.2, 0.25) is 0 Å². The van der Waals surface area contributed by atoms with Crippen molar-refractivity contribution in [3.63, 3.8) is 0 Å². The number of aliphatic imine (C=N–C) groups is 1. The molecule has 0 bridgehead atoms. The SMILES string of the molecule is CC(C)N=CNc1c(SC(F)(F)F)c(C#N)nn1-c1c(Cl)cc(C(F)(F)F)cc1Cl. The normalized spacial score (nSPS) is 12.6. The topological polar surface area (TPSA) is 66.0 Å². The van der Waals surface area contributed by atoms with Gasteiger partial charge in [-0.3, -0.25) is 4.99 Å². The minimum atomic E-state index is -4.78. The highest BCUT2D eigenvalue weighted by Crippen LogP contribution is 2.45. The van der Waals surface area contributed by atoms with E-state index in [1.54, 1.807) is 13.8 Å². The number of nitrogens with one attached hydrogen (secondary N) is 1. The fraction of sp³-hybridized carbons (Fsp3) is 0.312. The first-order valence-electron chi connectivity index (χ1n) is 7.88. The van der Waals surface area contributed by atoms with Gasteiger partial charge in [0.25, 0.3) is 0 Å². The summed E-state index contributed by atoms with van der Waals surface area (Å²) in [5.41, 5.74) is -6.91. The third-order valence-electron chi connectivity index (χ3n) is 3.30. The Labute approximate surface area is 180 Å². The molecule has 1 N–H and O–H groups in total. The van der Waals surface area contributed by atoms with Gasteiger partial charge in [-0.25, -0.2) is 4.68 Å². The summed E-state index contributed by atoms with van der Waals surface area (Å²) in [6.07, 6.45) is -3.68. The Kier molecular flexibility index (Phi) is 7.21. The molecular weight excluding hydrogens is 479 g/mol. The molecule has 1 heterocycles. The van der Waals surface area contributed by atoms with Gasteiger partial charge in [0.15, 0.2) is 11.5 Å². The van der Waals surface area contributed by atoms with Crippen LogP contribution in [0.4, 0.5) is 32.2 Å². The van der Waals surface area contributed by atoms with Crippen LogP contribution in [0.25, 0.3) is 5.69 Å². The number of hydrogen-bond donors (Lipinski definition) is 1. The van der Waals surface area contributed by atoms with Crippen molar-refractivity contribution in [3.05, 3.63) is 33.4 Å². The molecule has 2 aromatic rings. The quantitative estimate of drug-likeness (QED) is 0.224. The molecular formula is C16H11Cl2F6N5S. The van der Waals surface area contributed by atoms with E-state index in [4.69, 9.17) is 23.2 Å². The molecule has 0 aliphatic heterocycles. The maximum Gasteiger partial charge on any atom is 0.446 e. The van der Waals surface area contributed by atoms with Gasteiger partial charge < -0.3 is 5.32 Å². The maximum absolute atomic E-state index is 13.0. The Hall–Kier alpha value is -2.10. The van der Waals surface area contributed by atoms with Crippen molar-refractivity contribution in [2.24, 2.45) is 4.99 Å². The highest BCUT2D eigenvalue weighted by molar-refractivity contribution is 8.00. The standard InChI is InChI=1S/C16H11Cl2F6N5S/c1-7(2)26-6-27-14-13(30-16(22,23)24)11(5-25)28-29(14)12-9(17)3-8(4-10(12)18)15(19,20)21/h3-4,6-7H,1-2H3,(H,26,27). The molecule has 0 saturated carbocycles. The number of nitriles is 1. The van der Waals surface area contributed by atoms with Gasteiger partial charge in [0.1, 0.15) is 11.8 Å². The van der Waals surface area contributed by atoms with E-state index < -0.39 is 49.6 Å².